The number of hydrogen-bond acceptors (Lipinski definition) is 6. The molecule has 2 atom stereocenters. The van der Waals surface area contributed by atoms with Gasteiger partial charge >= 0.3 is 17.9 Å². The Morgan fingerprint density at radius 2 is 1.15 bits per heavy atom. The number of nitrogens with zero attached hydrogens (tertiary/aromatic N) is 1. The monoisotopic (exact) mass is 681 g/mol. The molecule has 8 nitrogen and oxygen atoms in total. The Hall–Kier alpha value is -2.19. The lowest BCUT2D eigenvalue weighted by Crippen LogP contribution is -2.50. The first-order valence-corrected chi connectivity index (χ1v) is 19.4. The van der Waals surface area contributed by atoms with Crippen LogP contribution in [0.25, 0.3) is 0 Å². The molecule has 0 aromatic heterocycles. The van der Waals surface area contributed by atoms with Gasteiger partial charge in [-0.3, -0.25) is 9.59 Å². The predicted molar refractivity (Wildman–Crippen MR) is 197 cm³/mol. The molecule has 0 spiro atoms. The van der Waals surface area contributed by atoms with E-state index >= 15 is 0 Å². The predicted octanol–water partition coefficient (Wildman–Crippen LogP) is 9.74. The van der Waals surface area contributed by atoms with Crippen LogP contribution in [0.2, 0.25) is 0 Å². The quantitative estimate of drug-likeness (QED) is 0.0313. The van der Waals surface area contributed by atoms with Crippen LogP contribution in [-0.2, 0) is 28.6 Å². The molecule has 0 aliphatic rings. The van der Waals surface area contributed by atoms with E-state index in [0.717, 1.165) is 32.1 Å². The summed E-state index contributed by atoms with van der Waals surface area (Å²) >= 11 is 0. The molecule has 1 N–H and O–H groups in total. The van der Waals surface area contributed by atoms with Crippen molar-refractivity contribution in [2.75, 3.05) is 41.0 Å². The molecule has 0 heterocycles. The van der Waals surface area contributed by atoms with E-state index in [0.29, 0.717) is 19.3 Å². The third kappa shape index (κ3) is 29.9. The Labute approximate surface area is 294 Å². The Morgan fingerprint density at radius 1 is 0.625 bits per heavy atom. The molecule has 8 heteroatoms. The topological polar surface area (TPSA) is 99.1 Å². The zero-order chi connectivity index (χ0) is 35.7. The summed E-state index contributed by atoms with van der Waals surface area (Å²) in [5.74, 6) is -1.55. The minimum atomic E-state index is -0.881. The van der Waals surface area contributed by atoms with E-state index < -0.39 is 18.1 Å². The second kappa shape index (κ2) is 32.0. The van der Waals surface area contributed by atoms with Gasteiger partial charge in [-0.15, -0.1) is 0 Å². The van der Waals surface area contributed by atoms with E-state index in [4.69, 9.17) is 14.2 Å². The number of carboxylic acids is 1. The van der Waals surface area contributed by atoms with Crippen LogP contribution < -0.4 is 0 Å². The molecule has 2 unspecified atom stereocenters. The van der Waals surface area contributed by atoms with Gasteiger partial charge in [-0.05, 0) is 32.1 Å². The van der Waals surface area contributed by atoms with Crippen molar-refractivity contribution in [2.24, 2.45) is 0 Å². The van der Waals surface area contributed by atoms with E-state index in [1.165, 1.54) is 89.9 Å². The minimum Gasteiger partial charge on any atom is -0.477 e. The summed E-state index contributed by atoms with van der Waals surface area (Å²) in [6, 6.07) is -0.617. The van der Waals surface area contributed by atoms with Gasteiger partial charge in [0, 0.05) is 19.3 Å². The highest BCUT2D eigenvalue weighted by Gasteiger charge is 2.31. The van der Waals surface area contributed by atoms with Crippen LogP contribution in [0.1, 0.15) is 162 Å². The third-order valence-corrected chi connectivity index (χ3v) is 8.62. The van der Waals surface area contributed by atoms with Gasteiger partial charge in [0.15, 0.2) is 12.1 Å². The summed E-state index contributed by atoms with van der Waals surface area (Å²) in [7, 11) is 5.50. The summed E-state index contributed by atoms with van der Waals surface area (Å²) in [5.41, 5.74) is 0. The Bertz CT molecular complexity index is 849. The molecule has 0 amide bonds. The molecule has 0 aromatic carbocycles. The number of rotatable bonds is 34. The van der Waals surface area contributed by atoms with Crippen LogP contribution in [0, 0.1) is 0 Å². The van der Waals surface area contributed by atoms with Crippen molar-refractivity contribution in [3.8, 4) is 0 Å². The Morgan fingerprint density at radius 3 is 1.69 bits per heavy atom. The van der Waals surface area contributed by atoms with Crippen molar-refractivity contribution < 1.29 is 38.2 Å². The molecule has 48 heavy (non-hydrogen) atoms. The number of quaternary nitrogens is 1. The first-order chi connectivity index (χ1) is 23.1. The van der Waals surface area contributed by atoms with Crippen LogP contribution >= 0.6 is 0 Å². The molecule has 280 valence electrons. The molecular formula is C40H74NO7+. The summed E-state index contributed by atoms with van der Waals surface area (Å²) in [4.78, 5) is 36.7. The molecule has 0 bridgehead atoms. The standard InChI is InChI=1S/C40H73NO7/c1-6-8-10-12-14-16-18-19-21-22-24-26-28-30-38(42)47-35-36(34-46-33-32-37(40(44)45)41(3,4)5)48-39(43)31-29-27-25-23-20-17-15-13-11-9-7-2/h19,21,24,26,36-37H,6-18,20,22-23,25,27-35H2,1-5H3/p+1/b21-19+,26-24+. The number of ether oxygens (including phenoxy) is 3. The van der Waals surface area contributed by atoms with E-state index in [1.807, 2.05) is 27.2 Å². The van der Waals surface area contributed by atoms with E-state index in [1.54, 1.807) is 0 Å². The fourth-order valence-electron chi connectivity index (χ4n) is 5.55. The largest absolute Gasteiger partial charge is 0.477 e. The van der Waals surface area contributed by atoms with Crippen molar-refractivity contribution in [3.63, 3.8) is 0 Å². The van der Waals surface area contributed by atoms with Gasteiger partial charge in [0.1, 0.15) is 6.61 Å². The normalized spacial score (nSPS) is 13.3. The van der Waals surface area contributed by atoms with Gasteiger partial charge in [-0.25, -0.2) is 4.79 Å². The second-order valence-corrected chi connectivity index (χ2v) is 14.2. The molecule has 0 saturated heterocycles. The fourth-order valence-corrected chi connectivity index (χ4v) is 5.55. The molecule has 0 radical (unpaired) electrons. The lowest BCUT2D eigenvalue weighted by atomic mass is 10.1. The van der Waals surface area contributed by atoms with Crippen LogP contribution in [0.3, 0.4) is 0 Å². The maximum Gasteiger partial charge on any atom is 0.362 e. The number of esters is 2. The number of carboxylic acid groups (broad SMARTS) is 1. The highest BCUT2D eigenvalue weighted by molar-refractivity contribution is 5.72. The number of aliphatic carboxylic acids is 1. The summed E-state index contributed by atoms with van der Waals surface area (Å²) < 4.78 is 17.1. The van der Waals surface area contributed by atoms with Gasteiger partial charge in [0.05, 0.1) is 34.4 Å². The zero-order valence-electron chi connectivity index (χ0n) is 31.7. The van der Waals surface area contributed by atoms with E-state index in [-0.39, 0.29) is 42.7 Å². The smallest absolute Gasteiger partial charge is 0.362 e. The van der Waals surface area contributed by atoms with Crippen molar-refractivity contribution in [3.05, 3.63) is 24.3 Å². The number of hydrogen-bond donors (Lipinski definition) is 1. The van der Waals surface area contributed by atoms with Crippen LogP contribution in [0.5, 0.6) is 0 Å². The highest BCUT2D eigenvalue weighted by atomic mass is 16.6. The lowest BCUT2D eigenvalue weighted by Gasteiger charge is -2.31. The van der Waals surface area contributed by atoms with Gasteiger partial charge in [-0.1, -0.05) is 134 Å². The van der Waals surface area contributed by atoms with Gasteiger partial charge in [-0.2, -0.15) is 0 Å². The second-order valence-electron chi connectivity index (χ2n) is 14.2. The molecule has 0 aromatic rings. The Kier molecular flexibility index (Phi) is 30.6. The van der Waals surface area contributed by atoms with Gasteiger partial charge in [0.25, 0.3) is 0 Å². The number of carbonyl (C=O) groups is 3. The summed E-state index contributed by atoms with van der Waals surface area (Å²) in [6.07, 6.45) is 32.3. The average Bonchev–Trinajstić information content (AvgIpc) is 3.03. The van der Waals surface area contributed by atoms with Gasteiger partial charge < -0.3 is 23.8 Å². The molecule has 0 fully saturated rings. The van der Waals surface area contributed by atoms with Gasteiger partial charge in [0.2, 0.25) is 0 Å². The van der Waals surface area contributed by atoms with E-state index in [2.05, 4.69) is 32.1 Å². The molecule has 0 aliphatic heterocycles. The van der Waals surface area contributed by atoms with Crippen molar-refractivity contribution in [2.45, 2.75) is 174 Å². The van der Waals surface area contributed by atoms with Crippen LogP contribution in [0.4, 0.5) is 0 Å². The maximum atomic E-state index is 12.6. The molecule has 0 saturated carbocycles. The fraction of sp³-hybridized carbons (Fsp3) is 0.825. The number of likely N-dealkylation sites (N-methyl/N-ethyl adjacent to an activating group) is 1. The number of carbonyl (C=O) groups excluding carboxylic acids is 2. The van der Waals surface area contributed by atoms with Crippen LogP contribution in [0.15, 0.2) is 24.3 Å². The first-order valence-electron chi connectivity index (χ1n) is 19.4. The average molecular weight is 681 g/mol. The van der Waals surface area contributed by atoms with E-state index in [9.17, 15) is 19.5 Å². The maximum absolute atomic E-state index is 12.6. The molecular weight excluding hydrogens is 606 g/mol. The first kappa shape index (κ1) is 45.8. The minimum absolute atomic E-state index is 0.0474. The third-order valence-electron chi connectivity index (χ3n) is 8.62. The zero-order valence-corrected chi connectivity index (χ0v) is 31.7. The number of allylic oxidation sites excluding steroid dienone is 4. The molecule has 0 aliphatic carbocycles. The SMILES string of the molecule is CCCCCCCC/C=C/C/C=C/CCC(=O)OCC(COCCC(C(=O)O)[N+](C)(C)C)OC(=O)CCCCCCCCCCCCC. The number of unbranched alkanes of at least 4 members (excludes halogenated alkanes) is 16. The van der Waals surface area contributed by atoms with Crippen molar-refractivity contribution in [1.29, 1.82) is 0 Å². The summed E-state index contributed by atoms with van der Waals surface area (Å²) in [6.45, 7) is 4.65. The Balaban J connectivity index is 4.49. The van der Waals surface area contributed by atoms with Crippen molar-refractivity contribution >= 4 is 17.9 Å². The lowest BCUT2D eigenvalue weighted by molar-refractivity contribution is -0.887. The van der Waals surface area contributed by atoms with Crippen molar-refractivity contribution in [1.82, 2.24) is 0 Å². The highest BCUT2D eigenvalue weighted by Crippen LogP contribution is 2.14. The summed E-state index contributed by atoms with van der Waals surface area (Å²) in [5, 5.41) is 9.57. The van der Waals surface area contributed by atoms with Crippen LogP contribution in [-0.4, -0.2) is 80.6 Å². The molecule has 0 rings (SSSR count).